The molecule has 0 spiro atoms. The SMILES string of the molecule is COc1cc(C=CC(=O)c2ccccn2)ccc1O[C@H]1O[C@H](CO)[C@H](O)[C@H](O)[C@H]1O. The van der Waals surface area contributed by atoms with Crippen molar-refractivity contribution < 1.29 is 39.4 Å². The van der Waals surface area contributed by atoms with E-state index in [1.54, 1.807) is 42.5 Å². The Bertz CT molecular complexity index is 886. The topological polar surface area (TPSA) is 139 Å². The third-order valence-electron chi connectivity index (χ3n) is 4.62. The molecular weight excluding hydrogens is 394 g/mol. The van der Waals surface area contributed by atoms with Crippen LogP contribution in [0.1, 0.15) is 16.1 Å². The number of methoxy groups -OCH3 is 1. The number of ketones is 1. The number of hydrogen-bond acceptors (Lipinski definition) is 9. The molecule has 1 fully saturated rings. The van der Waals surface area contributed by atoms with Gasteiger partial charge in [-0.1, -0.05) is 18.2 Å². The summed E-state index contributed by atoms with van der Waals surface area (Å²) in [4.78, 5) is 16.1. The Morgan fingerprint density at radius 3 is 2.60 bits per heavy atom. The molecule has 1 aromatic carbocycles. The van der Waals surface area contributed by atoms with Crippen molar-refractivity contribution in [2.75, 3.05) is 13.7 Å². The van der Waals surface area contributed by atoms with Crippen molar-refractivity contribution in [1.82, 2.24) is 4.98 Å². The molecular formula is C21H23NO8. The first-order valence-electron chi connectivity index (χ1n) is 9.23. The average Bonchev–Trinajstić information content (AvgIpc) is 2.78. The molecule has 0 radical (unpaired) electrons. The number of carbonyl (C=O) groups excluding carboxylic acids is 1. The summed E-state index contributed by atoms with van der Waals surface area (Å²) in [6, 6.07) is 9.88. The Labute approximate surface area is 172 Å². The number of ether oxygens (including phenoxy) is 3. The first kappa shape index (κ1) is 21.9. The van der Waals surface area contributed by atoms with Gasteiger partial charge in [0, 0.05) is 6.20 Å². The van der Waals surface area contributed by atoms with Gasteiger partial charge in [0.2, 0.25) is 12.1 Å². The van der Waals surface area contributed by atoms with Gasteiger partial charge < -0.3 is 34.6 Å². The lowest BCUT2D eigenvalue weighted by atomic mass is 9.99. The van der Waals surface area contributed by atoms with E-state index in [0.29, 0.717) is 17.0 Å². The fraction of sp³-hybridized carbons (Fsp3) is 0.333. The number of hydrogen-bond donors (Lipinski definition) is 4. The van der Waals surface area contributed by atoms with Gasteiger partial charge in [0.1, 0.15) is 30.1 Å². The van der Waals surface area contributed by atoms with Crippen LogP contribution in [0.25, 0.3) is 6.08 Å². The predicted molar refractivity (Wildman–Crippen MR) is 105 cm³/mol. The molecule has 0 unspecified atom stereocenters. The van der Waals surface area contributed by atoms with Gasteiger partial charge in [-0.25, -0.2) is 0 Å². The fourth-order valence-electron chi connectivity index (χ4n) is 2.94. The smallest absolute Gasteiger partial charge is 0.229 e. The van der Waals surface area contributed by atoms with E-state index in [4.69, 9.17) is 14.2 Å². The Morgan fingerprint density at radius 1 is 1.13 bits per heavy atom. The fourth-order valence-corrected chi connectivity index (χ4v) is 2.94. The molecule has 2 heterocycles. The number of aliphatic hydroxyl groups excluding tert-OH is 4. The lowest BCUT2D eigenvalue weighted by Gasteiger charge is -2.39. The molecule has 1 saturated heterocycles. The van der Waals surface area contributed by atoms with Crippen LogP contribution in [0, 0.1) is 0 Å². The van der Waals surface area contributed by atoms with E-state index in [1.165, 1.54) is 19.4 Å². The Morgan fingerprint density at radius 2 is 1.93 bits per heavy atom. The lowest BCUT2D eigenvalue weighted by Crippen LogP contribution is -2.60. The van der Waals surface area contributed by atoms with Crippen LogP contribution in [0.3, 0.4) is 0 Å². The first-order chi connectivity index (χ1) is 14.4. The molecule has 160 valence electrons. The van der Waals surface area contributed by atoms with Crippen LogP contribution in [0.15, 0.2) is 48.7 Å². The van der Waals surface area contributed by atoms with Crippen molar-refractivity contribution >= 4 is 11.9 Å². The zero-order chi connectivity index (χ0) is 21.7. The van der Waals surface area contributed by atoms with Crippen molar-refractivity contribution in [1.29, 1.82) is 0 Å². The van der Waals surface area contributed by atoms with Crippen molar-refractivity contribution in [2.24, 2.45) is 0 Å². The maximum Gasteiger partial charge on any atom is 0.229 e. The van der Waals surface area contributed by atoms with Gasteiger partial charge in [-0.15, -0.1) is 0 Å². The van der Waals surface area contributed by atoms with Crippen LogP contribution in [-0.2, 0) is 4.74 Å². The van der Waals surface area contributed by atoms with Crippen LogP contribution >= 0.6 is 0 Å². The van der Waals surface area contributed by atoms with Crippen molar-refractivity contribution in [3.05, 3.63) is 59.9 Å². The summed E-state index contributed by atoms with van der Waals surface area (Å²) in [6.07, 6.45) is -2.46. The average molecular weight is 417 g/mol. The van der Waals surface area contributed by atoms with Gasteiger partial charge in [0.15, 0.2) is 11.5 Å². The highest BCUT2D eigenvalue weighted by Crippen LogP contribution is 2.32. The molecule has 0 bridgehead atoms. The Balaban J connectivity index is 1.74. The summed E-state index contributed by atoms with van der Waals surface area (Å²) in [5.41, 5.74) is 0.973. The standard InChI is InChI=1S/C21H23NO8/c1-28-16-10-12(5-7-14(24)13-4-2-3-9-22-13)6-8-15(16)29-21-20(27)19(26)18(25)17(11-23)30-21/h2-10,17-21,23,25-27H,11H2,1H3/t17-,18+,19+,20-,21+/m1/s1. The summed E-state index contributed by atoms with van der Waals surface area (Å²) in [6.45, 7) is -0.560. The Kier molecular flexibility index (Phi) is 7.14. The minimum absolute atomic E-state index is 0.204. The minimum atomic E-state index is -1.55. The first-order valence-corrected chi connectivity index (χ1v) is 9.23. The number of benzene rings is 1. The number of carbonyl (C=O) groups is 1. The molecule has 30 heavy (non-hydrogen) atoms. The number of pyridine rings is 1. The number of aliphatic hydroxyl groups is 4. The molecule has 0 saturated carbocycles. The van der Waals surface area contributed by atoms with E-state index < -0.39 is 37.3 Å². The summed E-state index contributed by atoms with van der Waals surface area (Å²) in [5, 5.41) is 39.1. The van der Waals surface area contributed by atoms with Gasteiger partial charge in [0.25, 0.3) is 0 Å². The highest BCUT2D eigenvalue weighted by molar-refractivity contribution is 6.05. The number of rotatable bonds is 7. The summed E-state index contributed by atoms with van der Waals surface area (Å²) in [5.74, 6) is 0.241. The monoisotopic (exact) mass is 417 g/mol. The maximum atomic E-state index is 12.1. The molecule has 1 aromatic heterocycles. The molecule has 0 aliphatic carbocycles. The summed E-state index contributed by atoms with van der Waals surface area (Å²) in [7, 11) is 1.42. The van der Waals surface area contributed by atoms with Crippen molar-refractivity contribution in [2.45, 2.75) is 30.7 Å². The Hall–Kier alpha value is -2.82. The van der Waals surface area contributed by atoms with Gasteiger partial charge in [0.05, 0.1) is 13.7 Å². The largest absolute Gasteiger partial charge is 0.493 e. The van der Waals surface area contributed by atoms with E-state index in [2.05, 4.69) is 4.98 Å². The normalized spacial score (nSPS) is 26.5. The third-order valence-corrected chi connectivity index (χ3v) is 4.62. The van der Waals surface area contributed by atoms with E-state index in [1.807, 2.05) is 0 Å². The van der Waals surface area contributed by atoms with Crippen LogP contribution in [0.5, 0.6) is 11.5 Å². The maximum absolute atomic E-state index is 12.1. The van der Waals surface area contributed by atoms with Crippen LogP contribution < -0.4 is 9.47 Å². The zero-order valence-electron chi connectivity index (χ0n) is 16.2. The zero-order valence-corrected chi connectivity index (χ0v) is 16.2. The van der Waals surface area contributed by atoms with Gasteiger partial charge >= 0.3 is 0 Å². The molecule has 9 nitrogen and oxygen atoms in total. The van der Waals surface area contributed by atoms with Crippen LogP contribution in [-0.4, -0.2) is 75.6 Å². The molecule has 1 aliphatic heterocycles. The second kappa shape index (κ2) is 9.79. The highest BCUT2D eigenvalue weighted by atomic mass is 16.7. The lowest BCUT2D eigenvalue weighted by molar-refractivity contribution is -0.277. The van der Waals surface area contributed by atoms with E-state index in [0.717, 1.165) is 0 Å². The summed E-state index contributed by atoms with van der Waals surface area (Å²) < 4.78 is 16.2. The number of aromatic nitrogens is 1. The van der Waals surface area contributed by atoms with Crippen molar-refractivity contribution in [3.63, 3.8) is 0 Å². The molecule has 3 rings (SSSR count). The third kappa shape index (κ3) is 4.84. The van der Waals surface area contributed by atoms with Gasteiger partial charge in [-0.05, 0) is 35.9 Å². The molecule has 2 aromatic rings. The number of allylic oxidation sites excluding steroid dienone is 1. The van der Waals surface area contributed by atoms with Crippen LogP contribution in [0.2, 0.25) is 0 Å². The number of nitrogens with zero attached hydrogens (tertiary/aromatic N) is 1. The molecule has 1 aliphatic rings. The second-order valence-electron chi connectivity index (χ2n) is 6.64. The second-order valence-corrected chi connectivity index (χ2v) is 6.64. The molecule has 4 N–H and O–H groups in total. The van der Waals surface area contributed by atoms with Gasteiger partial charge in [-0.3, -0.25) is 9.78 Å². The molecule has 0 amide bonds. The molecule has 9 heteroatoms. The van der Waals surface area contributed by atoms with E-state index in [9.17, 15) is 25.2 Å². The highest BCUT2D eigenvalue weighted by Gasteiger charge is 2.44. The van der Waals surface area contributed by atoms with Crippen molar-refractivity contribution in [3.8, 4) is 11.5 Å². The molecule has 5 atom stereocenters. The predicted octanol–water partition coefficient (Wildman–Crippen LogP) is 0.165. The minimum Gasteiger partial charge on any atom is -0.493 e. The van der Waals surface area contributed by atoms with Crippen LogP contribution in [0.4, 0.5) is 0 Å². The van der Waals surface area contributed by atoms with E-state index >= 15 is 0 Å². The summed E-state index contributed by atoms with van der Waals surface area (Å²) >= 11 is 0. The van der Waals surface area contributed by atoms with Gasteiger partial charge in [-0.2, -0.15) is 0 Å². The quantitative estimate of drug-likeness (QED) is 0.367. The van der Waals surface area contributed by atoms with E-state index in [-0.39, 0.29) is 11.5 Å².